The van der Waals surface area contributed by atoms with Gasteiger partial charge in [-0.15, -0.1) is 0 Å². The average Bonchev–Trinajstić information content (AvgIpc) is 2.68. The number of piperazine rings is 1. The van der Waals surface area contributed by atoms with Crippen LogP contribution in [0.2, 0.25) is 0 Å². The van der Waals surface area contributed by atoms with Crippen molar-refractivity contribution in [1.29, 1.82) is 0 Å². The standard InChI is InChI=1S/C19H19FN4O2/c20-13-1-2-17-15(11-13)16(12-18(25)22-17)19(26)24-9-7-23(8-10-24)14-3-5-21-6-4-14/h1-6,11,16H,7-10,12H2,(H,22,25)/t16-/m0/s1. The van der Waals surface area contributed by atoms with Crippen LogP contribution in [0, 0.1) is 5.82 Å². The monoisotopic (exact) mass is 354 g/mol. The van der Waals surface area contributed by atoms with E-state index in [2.05, 4.69) is 15.2 Å². The van der Waals surface area contributed by atoms with Gasteiger partial charge in [-0.2, -0.15) is 0 Å². The van der Waals surface area contributed by atoms with Gasteiger partial charge >= 0.3 is 0 Å². The number of fused-ring (bicyclic) bond motifs is 1. The van der Waals surface area contributed by atoms with Gasteiger partial charge in [0.2, 0.25) is 11.8 Å². The topological polar surface area (TPSA) is 65.5 Å². The Kier molecular flexibility index (Phi) is 4.28. The van der Waals surface area contributed by atoms with E-state index in [1.165, 1.54) is 18.2 Å². The van der Waals surface area contributed by atoms with Gasteiger partial charge in [0.25, 0.3) is 0 Å². The molecule has 2 aliphatic heterocycles. The largest absolute Gasteiger partial charge is 0.368 e. The van der Waals surface area contributed by atoms with E-state index in [4.69, 9.17) is 0 Å². The first kappa shape index (κ1) is 16.5. The van der Waals surface area contributed by atoms with E-state index in [1.54, 1.807) is 17.3 Å². The van der Waals surface area contributed by atoms with Crippen LogP contribution >= 0.6 is 0 Å². The molecule has 0 spiro atoms. The van der Waals surface area contributed by atoms with Crippen molar-refractivity contribution in [2.75, 3.05) is 36.4 Å². The van der Waals surface area contributed by atoms with E-state index >= 15 is 0 Å². The molecule has 2 aliphatic rings. The summed E-state index contributed by atoms with van der Waals surface area (Å²) in [6, 6.07) is 8.05. The third kappa shape index (κ3) is 3.12. The summed E-state index contributed by atoms with van der Waals surface area (Å²) in [5.41, 5.74) is 2.17. The molecule has 26 heavy (non-hydrogen) atoms. The Bertz CT molecular complexity index is 835. The molecule has 1 fully saturated rings. The molecule has 1 atom stereocenters. The second kappa shape index (κ2) is 6.74. The number of carbonyl (C=O) groups excluding carboxylic acids is 2. The molecular formula is C19H19FN4O2. The Morgan fingerprint density at radius 3 is 2.58 bits per heavy atom. The number of nitrogens with one attached hydrogen (secondary N) is 1. The highest BCUT2D eigenvalue weighted by atomic mass is 19.1. The van der Waals surface area contributed by atoms with Crippen LogP contribution in [0.3, 0.4) is 0 Å². The molecule has 0 bridgehead atoms. The molecule has 134 valence electrons. The zero-order valence-corrected chi connectivity index (χ0v) is 14.2. The molecule has 1 N–H and O–H groups in total. The molecule has 0 unspecified atom stereocenters. The van der Waals surface area contributed by atoms with Crippen LogP contribution in [0.5, 0.6) is 0 Å². The number of anilines is 2. The van der Waals surface area contributed by atoms with Gasteiger partial charge in [0.05, 0.1) is 5.92 Å². The maximum atomic E-state index is 13.7. The van der Waals surface area contributed by atoms with E-state index in [1.807, 2.05) is 12.1 Å². The number of hydrogen-bond acceptors (Lipinski definition) is 4. The number of amides is 2. The molecule has 0 radical (unpaired) electrons. The van der Waals surface area contributed by atoms with Crippen molar-refractivity contribution in [2.24, 2.45) is 0 Å². The number of halogens is 1. The third-order valence-electron chi connectivity index (χ3n) is 4.97. The van der Waals surface area contributed by atoms with Crippen LogP contribution in [-0.4, -0.2) is 47.9 Å². The van der Waals surface area contributed by atoms with Gasteiger partial charge in [-0.1, -0.05) is 0 Å². The molecule has 6 nitrogen and oxygen atoms in total. The summed E-state index contributed by atoms with van der Waals surface area (Å²) in [5, 5.41) is 2.71. The van der Waals surface area contributed by atoms with E-state index in [-0.39, 0.29) is 18.2 Å². The van der Waals surface area contributed by atoms with Gasteiger partial charge in [0, 0.05) is 56.4 Å². The Labute approximate surface area is 150 Å². The van der Waals surface area contributed by atoms with Gasteiger partial charge in [0.1, 0.15) is 5.82 Å². The molecule has 4 rings (SSSR count). The van der Waals surface area contributed by atoms with Crippen molar-refractivity contribution < 1.29 is 14.0 Å². The lowest BCUT2D eigenvalue weighted by Crippen LogP contribution is -2.50. The van der Waals surface area contributed by atoms with E-state index in [0.29, 0.717) is 37.4 Å². The van der Waals surface area contributed by atoms with Gasteiger partial charge in [0.15, 0.2) is 0 Å². The zero-order valence-electron chi connectivity index (χ0n) is 14.2. The molecule has 0 aliphatic carbocycles. The van der Waals surface area contributed by atoms with Crippen LogP contribution in [0.15, 0.2) is 42.7 Å². The molecule has 7 heteroatoms. The highest BCUT2D eigenvalue weighted by Crippen LogP contribution is 2.34. The Morgan fingerprint density at radius 2 is 1.85 bits per heavy atom. The van der Waals surface area contributed by atoms with E-state index in [9.17, 15) is 14.0 Å². The lowest BCUT2D eigenvalue weighted by Gasteiger charge is -2.38. The molecule has 2 aromatic rings. The molecular weight excluding hydrogens is 335 g/mol. The number of hydrogen-bond donors (Lipinski definition) is 1. The lowest BCUT2D eigenvalue weighted by molar-refractivity contribution is -0.135. The van der Waals surface area contributed by atoms with Crippen molar-refractivity contribution in [1.82, 2.24) is 9.88 Å². The minimum atomic E-state index is -0.623. The van der Waals surface area contributed by atoms with E-state index in [0.717, 1.165) is 5.69 Å². The molecule has 1 saturated heterocycles. The summed E-state index contributed by atoms with van der Waals surface area (Å²) in [4.78, 5) is 33.0. The molecule has 2 amide bonds. The summed E-state index contributed by atoms with van der Waals surface area (Å²) < 4.78 is 13.7. The van der Waals surface area contributed by atoms with Crippen LogP contribution in [0.25, 0.3) is 0 Å². The summed E-state index contributed by atoms with van der Waals surface area (Å²) in [7, 11) is 0. The lowest BCUT2D eigenvalue weighted by atomic mass is 9.89. The molecule has 1 aromatic carbocycles. The minimum absolute atomic E-state index is 0.0554. The van der Waals surface area contributed by atoms with Crippen molar-refractivity contribution in [3.8, 4) is 0 Å². The van der Waals surface area contributed by atoms with Gasteiger partial charge in [-0.3, -0.25) is 14.6 Å². The Balaban J connectivity index is 1.49. The maximum absolute atomic E-state index is 13.7. The highest BCUT2D eigenvalue weighted by molar-refractivity contribution is 6.01. The summed E-state index contributed by atoms with van der Waals surface area (Å²) in [6.07, 6.45) is 3.55. The summed E-state index contributed by atoms with van der Waals surface area (Å²) >= 11 is 0. The number of aromatic nitrogens is 1. The van der Waals surface area contributed by atoms with Crippen molar-refractivity contribution in [2.45, 2.75) is 12.3 Å². The predicted octanol–water partition coefficient (Wildman–Crippen LogP) is 2.00. The molecule has 3 heterocycles. The fourth-order valence-electron chi connectivity index (χ4n) is 3.61. The second-order valence-corrected chi connectivity index (χ2v) is 6.55. The predicted molar refractivity (Wildman–Crippen MR) is 95.4 cm³/mol. The SMILES string of the molecule is O=C1C[C@H](C(=O)N2CCN(c3ccncc3)CC2)c2cc(F)ccc2N1. The first-order chi connectivity index (χ1) is 12.6. The quantitative estimate of drug-likeness (QED) is 0.896. The van der Waals surface area contributed by atoms with Gasteiger partial charge in [-0.05, 0) is 35.9 Å². The van der Waals surface area contributed by atoms with Gasteiger partial charge in [-0.25, -0.2) is 4.39 Å². The van der Waals surface area contributed by atoms with Crippen molar-refractivity contribution in [3.63, 3.8) is 0 Å². The number of pyridine rings is 1. The van der Waals surface area contributed by atoms with E-state index < -0.39 is 11.7 Å². The van der Waals surface area contributed by atoms with Crippen molar-refractivity contribution >= 4 is 23.2 Å². The number of carbonyl (C=O) groups is 2. The van der Waals surface area contributed by atoms with Crippen molar-refractivity contribution in [3.05, 3.63) is 54.1 Å². The normalized spacial score (nSPS) is 19.7. The van der Waals surface area contributed by atoms with Gasteiger partial charge < -0.3 is 15.1 Å². The van der Waals surface area contributed by atoms with Crippen LogP contribution in [-0.2, 0) is 9.59 Å². The summed E-state index contributed by atoms with van der Waals surface area (Å²) in [6.45, 7) is 2.57. The fraction of sp³-hybridized carbons (Fsp3) is 0.316. The smallest absolute Gasteiger partial charge is 0.230 e. The summed E-state index contributed by atoms with van der Waals surface area (Å²) in [5.74, 6) is -1.35. The van der Waals surface area contributed by atoms with Crippen LogP contribution < -0.4 is 10.2 Å². The highest BCUT2D eigenvalue weighted by Gasteiger charge is 2.34. The third-order valence-corrected chi connectivity index (χ3v) is 4.97. The first-order valence-electron chi connectivity index (χ1n) is 8.65. The average molecular weight is 354 g/mol. The Hall–Kier alpha value is -2.96. The zero-order chi connectivity index (χ0) is 18.1. The van der Waals surface area contributed by atoms with Crippen LogP contribution in [0.4, 0.5) is 15.8 Å². The Morgan fingerprint density at radius 1 is 1.12 bits per heavy atom. The number of nitrogens with zero attached hydrogens (tertiary/aromatic N) is 3. The second-order valence-electron chi connectivity index (χ2n) is 6.55. The fourth-order valence-corrected chi connectivity index (χ4v) is 3.61. The maximum Gasteiger partial charge on any atom is 0.230 e. The first-order valence-corrected chi connectivity index (χ1v) is 8.65. The number of rotatable bonds is 2. The minimum Gasteiger partial charge on any atom is -0.368 e. The van der Waals surface area contributed by atoms with Crippen LogP contribution in [0.1, 0.15) is 17.9 Å². The number of benzene rings is 1. The molecule has 0 saturated carbocycles. The molecule has 1 aromatic heterocycles.